The SMILES string of the molecule is O=P(O)(O)O.c1cc2c(c(-c3cccc4c3CCCC4)c1)CCCC2. The van der Waals surface area contributed by atoms with Crippen molar-refractivity contribution in [1.29, 1.82) is 0 Å². The number of benzene rings is 2. The van der Waals surface area contributed by atoms with Crippen LogP contribution in [0.5, 0.6) is 0 Å². The zero-order chi connectivity index (χ0) is 17.9. The number of hydrogen-bond donors (Lipinski definition) is 3. The van der Waals surface area contributed by atoms with Gasteiger partial charge in [0.15, 0.2) is 0 Å². The van der Waals surface area contributed by atoms with Gasteiger partial charge in [0.25, 0.3) is 0 Å². The predicted molar refractivity (Wildman–Crippen MR) is 99.4 cm³/mol. The maximum atomic E-state index is 8.88. The van der Waals surface area contributed by atoms with Gasteiger partial charge in [-0.15, -0.1) is 0 Å². The van der Waals surface area contributed by atoms with E-state index in [1.165, 1.54) is 62.5 Å². The van der Waals surface area contributed by atoms with E-state index < -0.39 is 7.82 Å². The second-order valence-electron chi connectivity index (χ2n) is 6.81. The van der Waals surface area contributed by atoms with E-state index in [-0.39, 0.29) is 0 Å². The first-order valence-electron chi connectivity index (χ1n) is 8.93. The molecule has 0 heterocycles. The van der Waals surface area contributed by atoms with E-state index in [1.54, 1.807) is 22.3 Å². The van der Waals surface area contributed by atoms with Crippen molar-refractivity contribution >= 4 is 7.82 Å². The van der Waals surface area contributed by atoms with Gasteiger partial charge in [-0.3, -0.25) is 0 Å². The lowest BCUT2D eigenvalue weighted by molar-refractivity contribution is 0.275. The van der Waals surface area contributed by atoms with Crippen molar-refractivity contribution in [2.24, 2.45) is 0 Å². The lowest BCUT2D eigenvalue weighted by Gasteiger charge is -2.24. The zero-order valence-electron chi connectivity index (χ0n) is 14.3. The Balaban J connectivity index is 0.000000324. The summed E-state index contributed by atoms with van der Waals surface area (Å²) >= 11 is 0. The van der Waals surface area contributed by atoms with Gasteiger partial charge in [0.05, 0.1) is 0 Å². The van der Waals surface area contributed by atoms with Crippen LogP contribution in [0.15, 0.2) is 36.4 Å². The van der Waals surface area contributed by atoms with Crippen LogP contribution in [0.1, 0.15) is 47.9 Å². The zero-order valence-corrected chi connectivity index (χ0v) is 15.2. The van der Waals surface area contributed by atoms with E-state index >= 15 is 0 Å². The van der Waals surface area contributed by atoms with Gasteiger partial charge in [0.1, 0.15) is 0 Å². The molecule has 0 spiro atoms. The van der Waals surface area contributed by atoms with E-state index in [1.807, 2.05) is 0 Å². The average molecular weight is 360 g/mol. The number of fused-ring (bicyclic) bond motifs is 2. The Bertz CT molecular complexity index is 729. The third-order valence-corrected chi connectivity index (χ3v) is 5.08. The highest BCUT2D eigenvalue weighted by Crippen LogP contribution is 2.36. The summed E-state index contributed by atoms with van der Waals surface area (Å²) in [5.74, 6) is 0. The molecule has 2 aromatic carbocycles. The summed E-state index contributed by atoms with van der Waals surface area (Å²) in [4.78, 5) is 21.6. The van der Waals surface area contributed by atoms with Crippen LogP contribution < -0.4 is 0 Å². The monoisotopic (exact) mass is 360 g/mol. The van der Waals surface area contributed by atoms with Crippen molar-refractivity contribution in [2.45, 2.75) is 51.4 Å². The fourth-order valence-corrected chi connectivity index (χ4v) is 4.07. The van der Waals surface area contributed by atoms with Crippen molar-refractivity contribution < 1.29 is 19.2 Å². The Labute approximate surface area is 148 Å². The maximum Gasteiger partial charge on any atom is 0.466 e. The van der Waals surface area contributed by atoms with Gasteiger partial charge >= 0.3 is 7.82 Å². The highest BCUT2D eigenvalue weighted by Gasteiger charge is 2.18. The van der Waals surface area contributed by atoms with Crippen molar-refractivity contribution in [3.63, 3.8) is 0 Å². The van der Waals surface area contributed by atoms with Gasteiger partial charge in [-0.1, -0.05) is 36.4 Å². The molecule has 0 bridgehead atoms. The minimum absolute atomic E-state index is 1.27. The molecule has 0 unspecified atom stereocenters. The van der Waals surface area contributed by atoms with Crippen LogP contribution in [0.4, 0.5) is 0 Å². The van der Waals surface area contributed by atoms with Crippen LogP contribution in [0, 0.1) is 0 Å². The van der Waals surface area contributed by atoms with E-state index in [9.17, 15) is 0 Å². The smallest absolute Gasteiger partial charge is 0.303 e. The molecular formula is C20H25O4P. The van der Waals surface area contributed by atoms with Gasteiger partial charge in [-0.05, 0) is 84.7 Å². The summed E-state index contributed by atoms with van der Waals surface area (Å²) in [6, 6.07) is 13.9. The molecule has 0 aromatic heterocycles. The number of hydrogen-bond acceptors (Lipinski definition) is 1. The summed E-state index contributed by atoms with van der Waals surface area (Å²) < 4.78 is 8.88. The molecule has 0 saturated heterocycles. The summed E-state index contributed by atoms with van der Waals surface area (Å²) in [6.45, 7) is 0. The number of aryl methyl sites for hydroxylation is 2. The van der Waals surface area contributed by atoms with Crippen LogP contribution in [0.25, 0.3) is 11.1 Å². The summed E-state index contributed by atoms with van der Waals surface area (Å²) in [6.07, 6.45) is 10.5. The van der Waals surface area contributed by atoms with Crippen molar-refractivity contribution in [3.05, 3.63) is 58.7 Å². The predicted octanol–water partition coefficient (Wildman–Crippen LogP) is 4.18. The molecule has 3 N–H and O–H groups in total. The second-order valence-corrected chi connectivity index (χ2v) is 7.84. The minimum Gasteiger partial charge on any atom is -0.303 e. The molecule has 0 atom stereocenters. The molecule has 2 aliphatic carbocycles. The van der Waals surface area contributed by atoms with Gasteiger partial charge in [-0.2, -0.15) is 0 Å². The number of rotatable bonds is 1. The third-order valence-electron chi connectivity index (χ3n) is 5.08. The summed E-state index contributed by atoms with van der Waals surface area (Å²) in [5, 5.41) is 0. The molecule has 0 radical (unpaired) electrons. The standard InChI is InChI=1S/C20H22.H3O4P/c1-3-11-17-15(7-1)9-5-13-19(17)20-14-6-10-16-8-2-4-12-18(16)20;1-5(2,3)4/h5-6,9-10,13-14H,1-4,7-8,11-12H2;(H3,1,2,3,4). The molecule has 4 rings (SSSR count). The topological polar surface area (TPSA) is 77.8 Å². The van der Waals surface area contributed by atoms with E-state index in [2.05, 4.69) is 36.4 Å². The molecule has 2 aromatic rings. The molecule has 134 valence electrons. The van der Waals surface area contributed by atoms with E-state index in [4.69, 9.17) is 19.2 Å². The first-order chi connectivity index (χ1) is 11.9. The van der Waals surface area contributed by atoms with Crippen molar-refractivity contribution in [3.8, 4) is 11.1 Å². The maximum absolute atomic E-state index is 8.88. The van der Waals surface area contributed by atoms with Gasteiger partial charge < -0.3 is 14.7 Å². The van der Waals surface area contributed by atoms with E-state index in [0.717, 1.165) is 0 Å². The number of phosphoric acid groups is 1. The normalized spacial score (nSPS) is 16.3. The largest absolute Gasteiger partial charge is 0.466 e. The fraction of sp³-hybridized carbons (Fsp3) is 0.400. The highest BCUT2D eigenvalue weighted by molar-refractivity contribution is 7.45. The quantitative estimate of drug-likeness (QED) is 0.667. The van der Waals surface area contributed by atoms with Crippen LogP contribution in [-0.4, -0.2) is 14.7 Å². The van der Waals surface area contributed by atoms with Crippen LogP contribution >= 0.6 is 7.82 Å². The second kappa shape index (κ2) is 7.84. The fourth-order valence-electron chi connectivity index (χ4n) is 4.07. The first-order valence-corrected chi connectivity index (χ1v) is 10.5. The molecule has 2 aliphatic rings. The molecule has 0 amide bonds. The van der Waals surface area contributed by atoms with Crippen LogP contribution in [0.3, 0.4) is 0 Å². The molecule has 0 aliphatic heterocycles. The average Bonchev–Trinajstić information content (AvgIpc) is 2.59. The molecule has 0 saturated carbocycles. The summed E-state index contributed by atoms with van der Waals surface area (Å²) in [5.41, 5.74) is 9.53. The Morgan fingerprint density at radius 1 is 0.640 bits per heavy atom. The third kappa shape index (κ3) is 4.80. The van der Waals surface area contributed by atoms with E-state index in [0.29, 0.717) is 0 Å². The van der Waals surface area contributed by atoms with Gasteiger partial charge in [-0.25, -0.2) is 4.57 Å². The molecular weight excluding hydrogens is 335 g/mol. The first kappa shape index (κ1) is 18.3. The minimum atomic E-state index is -4.64. The Kier molecular flexibility index (Phi) is 5.75. The Morgan fingerprint density at radius 3 is 1.40 bits per heavy atom. The lowest BCUT2D eigenvalue weighted by atomic mass is 9.81. The lowest BCUT2D eigenvalue weighted by Crippen LogP contribution is -2.08. The van der Waals surface area contributed by atoms with Crippen molar-refractivity contribution in [2.75, 3.05) is 0 Å². The van der Waals surface area contributed by atoms with Gasteiger partial charge in [0.2, 0.25) is 0 Å². The molecule has 5 heteroatoms. The van der Waals surface area contributed by atoms with Crippen molar-refractivity contribution in [1.82, 2.24) is 0 Å². The van der Waals surface area contributed by atoms with Crippen LogP contribution in [-0.2, 0) is 30.2 Å². The highest BCUT2D eigenvalue weighted by atomic mass is 31.2. The van der Waals surface area contributed by atoms with Gasteiger partial charge in [0, 0.05) is 0 Å². The summed E-state index contributed by atoms with van der Waals surface area (Å²) in [7, 11) is -4.64. The van der Waals surface area contributed by atoms with Crippen LogP contribution in [0.2, 0.25) is 0 Å². The Hall–Kier alpha value is -1.45. The Morgan fingerprint density at radius 2 is 1.00 bits per heavy atom. The molecule has 0 fully saturated rings. The molecule has 4 nitrogen and oxygen atoms in total. The molecule has 25 heavy (non-hydrogen) atoms.